The highest BCUT2D eigenvalue weighted by Crippen LogP contribution is 2.28. The van der Waals surface area contributed by atoms with Crippen LogP contribution < -0.4 is 19.6 Å². The van der Waals surface area contributed by atoms with Crippen LogP contribution in [0.5, 0.6) is 17.2 Å². The molecule has 36 heavy (non-hydrogen) atoms. The highest BCUT2D eigenvalue weighted by molar-refractivity contribution is 5.91. The van der Waals surface area contributed by atoms with E-state index in [1.165, 1.54) is 45.4 Å². The number of hydrogen-bond acceptors (Lipinski definition) is 6. The Balaban J connectivity index is 1.82. The molecule has 0 radical (unpaired) electrons. The molecule has 0 saturated carbocycles. The predicted octanol–water partition coefficient (Wildman–Crippen LogP) is 6.68. The zero-order chi connectivity index (χ0) is 26.0. The average molecular weight is 497 g/mol. The van der Waals surface area contributed by atoms with Gasteiger partial charge in [0.1, 0.15) is 5.75 Å². The van der Waals surface area contributed by atoms with E-state index in [4.69, 9.17) is 14.2 Å². The molecule has 0 unspecified atom stereocenters. The summed E-state index contributed by atoms with van der Waals surface area (Å²) in [4.78, 5) is 24.5. The summed E-state index contributed by atoms with van der Waals surface area (Å²) in [5, 5.41) is 4.03. The second kappa shape index (κ2) is 17.1. The second-order valence-corrected chi connectivity index (χ2v) is 8.69. The Kier molecular flexibility index (Phi) is 13.8. The van der Waals surface area contributed by atoms with Gasteiger partial charge in [-0.3, -0.25) is 4.79 Å². The zero-order valence-electron chi connectivity index (χ0n) is 21.9. The summed E-state index contributed by atoms with van der Waals surface area (Å²) in [6, 6.07) is 11.9. The van der Waals surface area contributed by atoms with Crippen molar-refractivity contribution in [2.24, 2.45) is 5.10 Å². The first-order valence-electron chi connectivity index (χ1n) is 13.0. The summed E-state index contributed by atoms with van der Waals surface area (Å²) in [5.41, 5.74) is 3.68. The van der Waals surface area contributed by atoms with Crippen LogP contribution in [0.15, 0.2) is 47.6 Å². The van der Waals surface area contributed by atoms with Gasteiger partial charge in [-0.1, -0.05) is 58.8 Å². The van der Waals surface area contributed by atoms with E-state index in [2.05, 4.69) is 24.4 Å². The van der Waals surface area contributed by atoms with Crippen molar-refractivity contribution in [1.82, 2.24) is 5.43 Å². The van der Waals surface area contributed by atoms with E-state index in [0.717, 1.165) is 31.4 Å². The van der Waals surface area contributed by atoms with Gasteiger partial charge in [0, 0.05) is 6.42 Å². The number of amides is 1. The lowest BCUT2D eigenvalue weighted by atomic mass is 10.1. The minimum absolute atomic E-state index is 0.0981. The topological polar surface area (TPSA) is 86.2 Å². The van der Waals surface area contributed by atoms with Crippen LogP contribution in [0.4, 0.5) is 0 Å². The van der Waals surface area contributed by atoms with Crippen molar-refractivity contribution in [3.63, 3.8) is 0 Å². The molecule has 0 heterocycles. The van der Waals surface area contributed by atoms with Gasteiger partial charge in [-0.05, 0) is 60.9 Å². The Bertz CT molecular complexity index is 957. The van der Waals surface area contributed by atoms with Crippen molar-refractivity contribution in [1.29, 1.82) is 0 Å². The summed E-state index contributed by atoms with van der Waals surface area (Å²) in [6.07, 6.45) is 12.2. The Hall–Kier alpha value is -3.35. The fourth-order valence-electron chi connectivity index (χ4n) is 3.51. The molecule has 0 saturated heterocycles. The lowest BCUT2D eigenvalue weighted by Crippen LogP contribution is -2.16. The van der Waals surface area contributed by atoms with Crippen LogP contribution in [0, 0.1) is 0 Å². The van der Waals surface area contributed by atoms with Crippen LogP contribution in [0.25, 0.3) is 0 Å². The van der Waals surface area contributed by atoms with Crippen molar-refractivity contribution < 1.29 is 23.8 Å². The smallest absolute Gasteiger partial charge is 0.343 e. The molecule has 7 heteroatoms. The number of hydrogen-bond donors (Lipinski definition) is 1. The number of carbonyl (C=O) groups is 2. The van der Waals surface area contributed by atoms with Gasteiger partial charge in [0.25, 0.3) is 0 Å². The Morgan fingerprint density at radius 2 is 1.56 bits per heavy atom. The maximum absolute atomic E-state index is 12.6. The molecule has 7 nitrogen and oxygen atoms in total. The van der Waals surface area contributed by atoms with Crippen molar-refractivity contribution in [3.8, 4) is 17.2 Å². The van der Waals surface area contributed by atoms with Gasteiger partial charge in [-0.25, -0.2) is 10.2 Å². The quantitative estimate of drug-likeness (QED) is 0.0867. The van der Waals surface area contributed by atoms with Gasteiger partial charge in [0.2, 0.25) is 5.91 Å². The molecule has 0 fully saturated rings. The van der Waals surface area contributed by atoms with E-state index in [0.29, 0.717) is 35.7 Å². The van der Waals surface area contributed by atoms with Crippen LogP contribution in [-0.2, 0) is 4.79 Å². The zero-order valence-corrected chi connectivity index (χ0v) is 21.9. The molecule has 0 spiro atoms. The fraction of sp³-hybridized carbons (Fsp3) is 0.483. The highest BCUT2D eigenvalue weighted by Gasteiger charge is 2.13. The van der Waals surface area contributed by atoms with Gasteiger partial charge in [0.15, 0.2) is 11.5 Å². The number of benzene rings is 2. The van der Waals surface area contributed by atoms with Crippen LogP contribution in [-0.4, -0.2) is 31.8 Å². The Morgan fingerprint density at radius 1 is 0.861 bits per heavy atom. The first-order chi connectivity index (χ1) is 17.6. The Labute approximate surface area is 215 Å². The number of carbonyl (C=O) groups excluding carboxylic acids is 2. The SMILES string of the molecule is CCCCCCCCCC(=O)N/N=C\c1ccc(OC(=O)c2ccc(OCCCC)cc2)c(OC)c1. The molecule has 196 valence electrons. The van der Waals surface area contributed by atoms with E-state index in [9.17, 15) is 9.59 Å². The number of unbranched alkanes of at least 4 members (excludes halogenated alkanes) is 7. The number of rotatable bonds is 17. The molecule has 2 rings (SSSR count). The molecule has 0 aliphatic carbocycles. The second-order valence-electron chi connectivity index (χ2n) is 8.69. The average Bonchev–Trinajstić information content (AvgIpc) is 2.89. The standard InChI is InChI=1S/C29H40N2O5/c1-4-6-8-9-10-11-12-13-28(32)31-30-22-23-14-19-26(27(21-23)34-3)36-29(33)24-15-17-25(18-16-24)35-20-7-5-2/h14-19,21-22H,4-13,20H2,1-3H3,(H,31,32)/b30-22-. The van der Waals surface area contributed by atoms with E-state index in [-0.39, 0.29) is 5.91 Å². The first-order valence-corrected chi connectivity index (χ1v) is 13.0. The lowest BCUT2D eigenvalue weighted by Gasteiger charge is -2.10. The van der Waals surface area contributed by atoms with Crippen LogP contribution in [0.1, 0.15) is 94.0 Å². The summed E-state index contributed by atoms with van der Waals surface area (Å²) >= 11 is 0. The van der Waals surface area contributed by atoms with Gasteiger partial charge in [0.05, 0.1) is 25.5 Å². The molecule has 2 aromatic carbocycles. The van der Waals surface area contributed by atoms with Gasteiger partial charge < -0.3 is 14.2 Å². The van der Waals surface area contributed by atoms with Crippen molar-refractivity contribution in [3.05, 3.63) is 53.6 Å². The number of nitrogens with zero attached hydrogens (tertiary/aromatic N) is 1. The Morgan fingerprint density at radius 3 is 2.25 bits per heavy atom. The highest BCUT2D eigenvalue weighted by atomic mass is 16.6. The van der Waals surface area contributed by atoms with Gasteiger partial charge in [-0.15, -0.1) is 0 Å². The number of esters is 1. The maximum Gasteiger partial charge on any atom is 0.343 e. The summed E-state index contributed by atoms with van der Waals surface area (Å²) in [5.74, 6) is 0.814. The molecular formula is C29H40N2O5. The molecule has 1 N–H and O–H groups in total. The first kappa shape index (κ1) is 28.9. The van der Waals surface area contributed by atoms with Gasteiger partial charge in [-0.2, -0.15) is 5.10 Å². The molecule has 2 aromatic rings. The molecule has 0 aliphatic rings. The van der Waals surface area contributed by atoms with Crippen LogP contribution >= 0.6 is 0 Å². The molecule has 0 atom stereocenters. The minimum Gasteiger partial charge on any atom is -0.494 e. The van der Waals surface area contributed by atoms with Crippen molar-refractivity contribution >= 4 is 18.1 Å². The molecule has 0 aromatic heterocycles. The van der Waals surface area contributed by atoms with Crippen LogP contribution in [0.3, 0.4) is 0 Å². The monoisotopic (exact) mass is 496 g/mol. The maximum atomic E-state index is 12.6. The number of nitrogens with one attached hydrogen (secondary N) is 1. The van der Waals surface area contributed by atoms with Crippen molar-refractivity contribution in [2.75, 3.05) is 13.7 Å². The third kappa shape index (κ3) is 10.9. The summed E-state index contributed by atoms with van der Waals surface area (Å²) in [6.45, 7) is 4.96. The normalized spacial score (nSPS) is 10.9. The van der Waals surface area contributed by atoms with Crippen molar-refractivity contribution in [2.45, 2.75) is 78.1 Å². The molecule has 1 amide bonds. The van der Waals surface area contributed by atoms with E-state index in [1.54, 1.807) is 42.5 Å². The number of ether oxygens (including phenoxy) is 3. The van der Waals surface area contributed by atoms with Crippen LogP contribution in [0.2, 0.25) is 0 Å². The summed E-state index contributed by atoms with van der Waals surface area (Å²) in [7, 11) is 1.50. The molecular weight excluding hydrogens is 456 g/mol. The summed E-state index contributed by atoms with van der Waals surface area (Å²) < 4.78 is 16.5. The third-order valence-corrected chi connectivity index (χ3v) is 5.66. The fourth-order valence-corrected chi connectivity index (χ4v) is 3.51. The number of hydrazone groups is 1. The van der Waals surface area contributed by atoms with E-state index >= 15 is 0 Å². The number of methoxy groups -OCH3 is 1. The molecule has 0 aliphatic heterocycles. The lowest BCUT2D eigenvalue weighted by molar-refractivity contribution is -0.121. The predicted molar refractivity (Wildman–Crippen MR) is 143 cm³/mol. The third-order valence-electron chi connectivity index (χ3n) is 5.66. The van der Waals surface area contributed by atoms with Gasteiger partial charge >= 0.3 is 5.97 Å². The molecule has 0 bridgehead atoms. The van der Waals surface area contributed by atoms with E-state index in [1.807, 2.05) is 0 Å². The minimum atomic E-state index is -0.493. The largest absolute Gasteiger partial charge is 0.494 e. The van der Waals surface area contributed by atoms with E-state index < -0.39 is 5.97 Å².